The number of rotatable bonds is 9. The van der Waals surface area contributed by atoms with Crippen molar-refractivity contribution in [2.24, 2.45) is 0 Å². The SMILES string of the molecule is CC/C=C/O[Si](C)(O/C=C/CC)O/C=C/CC. The van der Waals surface area contributed by atoms with Crippen molar-refractivity contribution in [3.63, 3.8) is 0 Å². The zero-order chi connectivity index (χ0) is 13.0. The van der Waals surface area contributed by atoms with Gasteiger partial charge in [0.25, 0.3) is 0 Å². The highest BCUT2D eigenvalue weighted by molar-refractivity contribution is 6.59. The van der Waals surface area contributed by atoms with Crippen LogP contribution < -0.4 is 0 Å². The van der Waals surface area contributed by atoms with E-state index in [2.05, 4.69) is 20.8 Å². The molecule has 0 fully saturated rings. The van der Waals surface area contributed by atoms with E-state index < -0.39 is 8.80 Å². The number of hydrogen-bond donors (Lipinski definition) is 0. The first-order chi connectivity index (χ1) is 8.18. The van der Waals surface area contributed by atoms with Gasteiger partial charge in [0, 0.05) is 6.55 Å². The summed E-state index contributed by atoms with van der Waals surface area (Å²) in [6.45, 7) is 8.02. The second-order valence-corrected chi connectivity index (χ2v) is 5.99. The van der Waals surface area contributed by atoms with Crippen LogP contribution in [0.2, 0.25) is 6.55 Å². The Labute approximate surface area is 106 Å². The minimum absolute atomic E-state index is 0.931. The van der Waals surface area contributed by atoms with Gasteiger partial charge in [0.15, 0.2) is 0 Å². The van der Waals surface area contributed by atoms with Gasteiger partial charge < -0.3 is 13.3 Å². The van der Waals surface area contributed by atoms with Crippen molar-refractivity contribution in [3.8, 4) is 0 Å². The van der Waals surface area contributed by atoms with E-state index in [0.29, 0.717) is 0 Å². The number of allylic oxidation sites excluding steroid dienone is 3. The second-order valence-electron chi connectivity index (χ2n) is 3.56. The molecule has 4 heteroatoms. The summed E-state index contributed by atoms with van der Waals surface area (Å²) in [4.78, 5) is 0. The van der Waals surface area contributed by atoms with Crippen LogP contribution in [-0.4, -0.2) is 8.80 Å². The third-order valence-electron chi connectivity index (χ3n) is 1.84. The van der Waals surface area contributed by atoms with Crippen LogP contribution in [0.25, 0.3) is 0 Å². The molecule has 0 heterocycles. The molecule has 0 radical (unpaired) electrons. The standard InChI is InChI=1S/C13H24O3Si/c1-5-8-11-14-17(4,15-12-9-6-2)16-13-10-7-3/h8-13H,5-7H2,1-4H3/b11-8+,12-9+,13-10+. The molecule has 0 saturated carbocycles. The Hall–Kier alpha value is -1.16. The van der Waals surface area contributed by atoms with Crippen LogP contribution in [0.4, 0.5) is 0 Å². The summed E-state index contributed by atoms with van der Waals surface area (Å²) in [5.41, 5.74) is 0. The lowest BCUT2D eigenvalue weighted by atomic mass is 10.5. The smallest absolute Gasteiger partial charge is 0.491 e. The normalized spacial score (nSPS) is 12.7. The second kappa shape index (κ2) is 10.0. The topological polar surface area (TPSA) is 27.7 Å². The minimum atomic E-state index is -2.62. The van der Waals surface area contributed by atoms with E-state index in [4.69, 9.17) is 13.3 Å². The fraction of sp³-hybridized carbons (Fsp3) is 0.538. The van der Waals surface area contributed by atoms with Crippen LogP contribution in [0.15, 0.2) is 37.0 Å². The maximum atomic E-state index is 5.57. The van der Waals surface area contributed by atoms with Gasteiger partial charge in [0.1, 0.15) is 0 Å². The minimum Gasteiger partial charge on any atom is -0.491 e. The van der Waals surface area contributed by atoms with E-state index in [1.54, 1.807) is 18.8 Å². The maximum Gasteiger partial charge on any atom is 0.694 e. The Morgan fingerprint density at radius 2 is 1.00 bits per heavy atom. The molecule has 3 nitrogen and oxygen atoms in total. The molecule has 0 aliphatic heterocycles. The highest BCUT2D eigenvalue weighted by Crippen LogP contribution is 2.11. The van der Waals surface area contributed by atoms with E-state index in [1.165, 1.54) is 0 Å². The Bertz CT molecular complexity index is 219. The molecule has 0 N–H and O–H groups in total. The van der Waals surface area contributed by atoms with Crippen LogP contribution in [0.3, 0.4) is 0 Å². The zero-order valence-electron chi connectivity index (χ0n) is 11.3. The maximum absolute atomic E-state index is 5.57. The van der Waals surface area contributed by atoms with Crippen molar-refractivity contribution in [1.29, 1.82) is 0 Å². The molecule has 0 atom stereocenters. The van der Waals surface area contributed by atoms with Gasteiger partial charge in [-0.15, -0.1) is 0 Å². The monoisotopic (exact) mass is 256 g/mol. The largest absolute Gasteiger partial charge is 0.694 e. The highest BCUT2D eigenvalue weighted by atomic mass is 28.4. The van der Waals surface area contributed by atoms with Crippen LogP contribution in [0, 0.1) is 0 Å². The average Bonchev–Trinajstić information content (AvgIpc) is 2.30. The Morgan fingerprint density at radius 1 is 0.706 bits per heavy atom. The van der Waals surface area contributed by atoms with Gasteiger partial charge in [-0.05, 0) is 19.3 Å². The lowest BCUT2D eigenvalue weighted by Crippen LogP contribution is -2.37. The summed E-state index contributed by atoms with van der Waals surface area (Å²) >= 11 is 0. The molecule has 0 saturated heterocycles. The Kier molecular flexibility index (Phi) is 9.34. The fourth-order valence-corrected chi connectivity index (χ4v) is 2.08. The first kappa shape index (κ1) is 15.8. The molecule has 0 spiro atoms. The molecule has 17 heavy (non-hydrogen) atoms. The van der Waals surface area contributed by atoms with Crippen molar-refractivity contribution in [3.05, 3.63) is 37.0 Å². The lowest BCUT2D eigenvalue weighted by Gasteiger charge is -2.21. The van der Waals surface area contributed by atoms with Gasteiger partial charge in [0.05, 0.1) is 18.8 Å². The van der Waals surface area contributed by atoms with Crippen molar-refractivity contribution in [2.45, 2.75) is 46.6 Å². The van der Waals surface area contributed by atoms with Gasteiger partial charge >= 0.3 is 8.80 Å². The summed E-state index contributed by atoms with van der Waals surface area (Å²) in [6.07, 6.45) is 13.6. The molecule has 0 aromatic rings. The predicted octanol–water partition coefficient (Wildman–Crippen LogP) is 4.38. The molecule has 0 aromatic carbocycles. The predicted molar refractivity (Wildman–Crippen MR) is 73.2 cm³/mol. The quantitative estimate of drug-likeness (QED) is 0.453. The summed E-state index contributed by atoms with van der Waals surface area (Å²) < 4.78 is 16.7. The van der Waals surface area contributed by atoms with Gasteiger partial charge in [-0.1, -0.05) is 39.0 Å². The van der Waals surface area contributed by atoms with E-state index in [9.17, 15) is 0 Å². The molecule has 0 rings (SSSR count). The van der Waals surface area contributed by atoms with E-state index >= 15 is 0 Å². The van der Waals surface area contributed by atoms with Crippen LogP contribution in [0.5, 0.6) is 0 Å². The molecular weight excluding hydrogens is 232 g/mol. The van der Waals surface area contributed by atoms with Crippen molar-refractivity contribution in [1.82, 2.24) is 0 Å². The highest BCUT2D eigenvalue weighted by Gasteiger charge is 2.38. The molecule has 0 aliphatic rings. The third kappa shape index (κ3) is 8.62. The lowest BCUT2D eigenvalue weighted by molar-refractivity contribution is 0.188. The first-order valence-corrected chi connectivity index (χ1v) is 8.39. The van der Waals surface area contributed by atoms with Crippen LogP contribution >= 0.6 is 0 Å². The van der Waals surface area contributed by atoms with Gasteiger partial charge in [-0.2, -0.15) is 0 Å². The Balaban J connectivity index is 4.38. The zero-order valence-corrected chi connectivity index (χ0v) is 12.3. The van der Waals surface area contributed by atoms with E-state index in [-0.39, 0.29) is 0 Å². The molecular formula is C13H24O3Si. The third-order valence-corrected chi connectivity index (χ3v) is 3.53. The molecule has 0 bridgehead atoms. The summed E-state index contributed by atoms with van der Waals surface area (Å²) in [5, 5.41) is 0. The Morgan fingerprint density at radius 3 is 1.24 bits per heavy atom. The molecule has 98 valence electrons. The van der Waals surface area contributed by atoms with Crippen LogP contribution in [-0.2, 0) is 13.3 Å². The molecule has 0 aromatic heterocycles. The van der Waals surface area contributed by atoms with Crippen molar-refractivity contribution < 1.29 is 13.3 Å². The van der Waals surface area contributed by atoms with Crippen LogP contribution in [0.1, 0.15) is 40.0 Å². The molecule has 0 unspecified atom stereocenters. The fourth-order valence-electron chi connectivity index (χ4n) is 0.887. The van der Waals surface area contributed by atoms with E-state index in [0.717, 1.165) is 19.3 Å². The van der Waals surface area contributed by atoms with E-state index in [1.807, 2.05) is 24.8 Å². The molecule has 0 amide bonds. The van der Waals surface area contributed by atoms with Gasteiger partial charge in [0.2, 0.25) is 0 Å². The van der Waals surface area contributed by atoms with Gasteiger partial charge in [-0.25, -0.2) is 0 Å². The molecule has 0 aliphatic carbocycles. The summed E-state index contributed by atoms with van der Waals surface area (Å²) in [7, 11) is -2.62. The van der Waals surface area contributed by atoms with Crippen molar-refractivity contribution in [2.75, 3.05) is 0 Å². The summed E-state index contributed by atoms with van der Waals surface area (Å²) in [6, 6.07) is 0. The summed E-state index contributed by atoms with van der Waals surface area (Å²) in [5.74, 6) is 0. The van der Waals surface area contributed by atoms with Gasteiger partial charge in [-0.3, -0.25) is 0 Å². The first-order valence-electron chi connectivity index (χ1n) is 6.17. The average molecular weight is 256 g/mol. The van der Waals surface area contributed by atoms with Crippen molar-refractivity contribution >= 4 is 8.80 Å². The number of hydrogen-bond acceptors (Lipinski definition) is 3.